The van der Waals surface area contributed by atoms with E-state index in [0.29, 0.717) is 18.8 Å². The van der Waals surface area contributed by atoms with Gasteiger partial charge < -0.3 is 10.1 Å². The van der Waals surface area contributed by atoms with E-state index in [9.17, 15) is 14.4 Å². The van der Waals surface area contributed by atoms with E-state index in [1.807, 2.05) is 31.2 Å². The molecule has 0 atom stereocenters. The first-order valence-electron chi connectivity index (χ1n) is 9.15. The van der Waals surface area contributed by atoms with Crippen molar-refractivity contribution in [3.05, 3.63) is 68.5 Å². The van der Waals surface area contributed by atoms with E-state index < -0.39 is 11.2 Å². The first-order chi connectivity index (χ1) is 13.5. The van der Waals surface area contributed by atoms with Gasteiger partial charge in [0, 0.05) is 12.2 Å². The summed E-state index contributed by atoms with van der Waals surface area (Å²) in [5, 5.41) is 2.98. The van der Waals surface area contributed by atoms with Crippen molar-refractivity contribution >= 4 is 16.9 Å². The highest BCUT2D eigenvalue weighted by atomic mass is 16.5. The van der Waals surface area contributed by atoms with Crippen LogP contribution in [0.1, 0.15) is 34.8 Å². The molecule has 1 aliphatic carbocycles. The number of hydrogen-bond donors (Lipinski definition) is 2. The van der Waals surface area contributed by atoms with Crippen molar-refractivity contribution in [2.24, 2.45) is 0 Å². The highest BCUT2D eigenvalue weighted by molar-refractivity contribution is 5.96. The highest BCUT2D eigenvalue weighted by Gasteiger charge is 2.27. The number of aryl methyl sites for hydroxylation is 1. The van der Waals surface area contributed by atoms with Crippen LogP contribution in [-0.2, 0) is 0 Å². The summed E-state index contributed by atoms with van der Waals surface area (Å²) in [6.45, 7) is 2.60. The van der Waals surface area contributed by atoms with Gasteiger partial charge in [-0.2, -0.15) is 0 Å². The van der Waals surface area contributed by atoms with Crippen LogP contribution in [0.5, 0.6) is 5.75 Å². The largest absolute Gasteiger partial charge is 0.492 e. The lowest BCUT2D eigenvalue weighted by Gasteiger charge is -2.10. The minimum atomic E-state index is -0.540. The summed E-state index contributed by atoms with van der Waals surface area (Å²) in [7, 11) is 0. The molecule has 28 heavy (non-hydrogen) atoms. The molecule has 0 bridgehead atoms. The van der Waals surface area contributed by atoms with Gasteiger partial charge >= 0.3 is 5.69 Å². The van der Waals surface area contributed by atoms with Crippen LogP contribution in [0.3, 0.4) is 0 Å². The second-order valence-corrected chi connectivity index (χ2v) is 6.88. The number of amides is 1. The summed E-state index contributed by atoms with van der Waals surface area (Å²) < 4.78 is 7.10. The van der Waals surface area contributed by atoms with E-state index in [1.54, 1.807) is 0 Å². The van der Waals surface area contributed by atoms with E-state index in [2.05, 4.69) is 15.3 Å². The minimum absolute atomic E-state index is 0.0674. The second kappa shape index (κ2) is 7.30. The first kappa shape index (κ1) is 18.0. The van der Waals surface area contributed by atoms with Crippen LogP contribution in [0.25, 0.3) is 11.0 Å². The topological polar surface area (TPSA) is 106 Å². The number of pyridine rings is 1. The Morgan fingerprint density at radius 2 is 2.14 bits per heavy atom. The fraction of sp³-hybridized carbons (Fsp3) is 0.300. The van der Waals surface area contributed by atoms with Crippen molar-refractivity contribution in [1.29, 1.82) is 0 Å². The Bertz CT molecular complexity index is 1160. The average Bonchev–Trinajstić information content (AvgIpc) is 3.50. The maximum atomic E-state index is 12.4. The van der Waals surface area contributed by atoms with Gasteiger partial charge in [-0.15, -0.1) is 0 Å². The third-order valence-electron chi connectivity index (χ3n) is 4.60. The van der Waals surface area contributed by atoms with E-state index >= 15 is 0 Å². The SMILES string of the molecule is Cc1cccc(OCCNC(=O)c2cnc3c(c2)c(=O)[nH]c(=O)n3C2CC2)c1. The van der Waals surface area contributed by atoms with Gasteiger partial charge in [-0.05, 0) is 43.5 Å². The summed E-state index contributed by atoms with van der Waals surface area (Å²) in [4.78, 5) is 43.1. The number of aromatic nitrogens is 3. The van der Waals surface area contributed by atoms with E-state index in [4.69, 9.17) is 4.74 Å². The lowest BCUT2D eigenvalue weighted by Crippen LogP contribution is -2.31. The summed E-state index contributed by atoms with van der Waals surface area (Å²) in [5.41, 5.74) is 0.670. The van der Waals surface area contributed by atoms with E-state index in [1.165, 1.54) is 16.8 Å². The van der Waals surface area contributed by atoms with Crippen molar-refractivity contribution in [2.75, 3.05) is 13.2 Å². The van der Waals surface area contributed by atoms with Crippen LogP contribution < -0.4 is 21.3 Å². The molecule has 0 aliphatic heterocycles. The Labute approximate surface area is 160 Å². The Hall–Kier alpha value is -3.42. The van der Waals surface area contributed by atoms with Crippen molar-refractivity contribution in [1.82, 2.24) is 19.9 Å². The third-order valence-corrected chi connectivity index (χ3v) is 4.60. The molecule has 4 rings (SSSR count). The smallest absolute Gasteiger partial charge is 0.330 e. The van der Waals surface area contributed by atoms with Crippen LogP contribution in [0.2, 0.25) is 0 Å². The average molecular weight is 380 g/mol. The zero-order valence-electron chi connectivity index (χ0n) is 15.4. The quantitative estimate of drug-likeness (QED) is 0.631. The molecule has 1 saturated carbocycles. The number of H-pyrrole nitrogens is 1. The Kier molecular flexibility index (Phi) is 4.68. The predicted molar refractivity (Wildman–Crippen MR) is 104 cm³/mol. The zero-order valence-corrected chi connectivity index (χ0v) is 15.4. The number of benzene rings is 1. The molecule has 8 heteroatoms. The monoisotopic (exact) mass is 380 g/mol. The lowest BCUT2D eigenvalue weighted by molar-refractivity contribution is 0.0947. The normalized spacial score (nSPS) is 13.5. The number of carbonyl (C=O) groups excluding carboxylic acids is 1. The van der Waals surface area contributed by atoms with Gasteiger partial charge in [-0.1, -0.05) is 12.1 Å². The first-order valence-corrected chi connectivity index (χ1v) is 9.15. The molecule has 0 saturated heterocycles. The van der Waals surface area contributed by atoms with Crippen LogP contribution in [-0.4, -0.2) is 33.6 Å². The number of carbonyl (C=O) groups is 1. The molecule has 0 spiro atoms. The molecule has 1 amide bonds. The number of ether oxygens (including phenoxy) is 1. The molecule has 2 aromatic heterocycles. The second-order valence-electron chi connectivity index (χ2n) is 6.88. The Morgan fingerprint density at radius 3 is 2.89 bits per heavy atom. The fourth-order valence-electron chi connectivity index (χ4n) is 3.07. The van der Waals surface area contributed by atoms with Crippen molar-refractivity contribution < 1.29 is 9.53 Å². The van der Waals surface area contributed by atoms with Crippen LogP contribution in [0, 0.1) is 6.92 Å². The zero-order chi connectivity index (χ0) is 19.7. The molecule has 1 aliphatic rings. The molecule has 2 N–H and O–H groups in total. The summed E-state index contributed by atoms with van der Waals surface area (Å²) >= 11 is 0. The maximum Gasteiger partial charge on any atom is 0.330 e. The lowest BCUT2D eigenvalue weighted by atomic mass is 10.2. The van der Waals surface area contributed by atoms with Crippen LogP contribution in [0.15, 0.2) is 46.1 Å². The molecule has 2 heterocycles. The minimum Gasteiger partial charge on any atom is -0.492 e. The molecule has 1 aromatic carbocycles. The van der Waals surface area contributed by atoms with Gasteiger partial charge in [0.15, 0.2) is 0 Å². The number of fused-ring (bicyclic) bond motifs is 1. The molecule has 1 fully saturated rings. The highest BCUT2D eigenvalue weighted by Crippen LogP contribution is 2.34. The van der Waals surface area contributed by atoms with Gasteiger partial charge in [0.25, 0.3) is 11.5 Å². The maximum absolute atomic E-state index is 12.4. The van der Waals surface area contributed by atoms with Gasteiger partial charge in [-0.25, -0.2) is 9.78 Å². The van der Waals surface area contributed by atoms with Crippen LogP contribution in [0.4, 0.5) is 0 Å². The number of rotatable bonds is 6. The molecule has 8 nitrogen and oxygen atoms in total. The molecular weight excluding hydrogens is 360 g/mol. The molecule has 3 aromatic rings. The molecule has 0 radical (unpaired) electrons. The van der Waals surface area contributed by atoms with Gasteiger partial charge in [-0.3, -0.25) is 19.1 Å². The van der Waals surface area contributed by atoms with Gasteiger partial charge in [0.05, 0.1) is 17.5 Å². The van der Waals surface area contributed by atoms with Crippen molar-refractivity contribution in [3.63, 3.8) is 0 Å². The number of nitrogens with zero attached hydrogens (tertiary/aromatic N) is 2. The number of hydrogen-bond acceptors (Lipinski definition) is 5. The third kappa shape index (κ3) is 3.66. The Balaban J connectivity index is 1.46. The molecular formula is C20H20N4O4. The van der Waals surface area contributed by atoms with E-state index in [-0.39, 0.29) is 22.9 Å². The van der Waals surface area contributed by atoms with Gasteiger partial charge in [0.1, 0.15) is 18.0 Å². The fourth-order valence-corrected chi connectivity index (χ4v) is 3.07. The van der Waals surface area contributed by atoms with Crippen molar-refractivity contribution in [3.8, 4) is 5.75 Å². The summed E-state index contributed by atoms with van der Waals surface area (Å²) in [5.74, 6) is 0.386. The number of aromatic amines is 1. The van der Waals surface area contributed by atoms with E-state index in [0.717, 1.165) is 24.2 Å². The van der Waals surface area contributed by atoms with Crippen molar-refractivity contribution in [2.45, 2.75) is 25.8 Å². The Morgan fingerprint density at radius 1 is 1.32 bits per heavy atom. The summed E-state index contributed by atoms with van der Waals surface area (Å²) in [6.07, 6.45) is 3.15. The molecule has 144 valence electrons. The summed E-state index contributed by atoms with van der Waals surface area (Å²) in [6, 6.07) is 9.19. The van der Waals surface area contributed by atoms with Crippen LogP contribution >= 0.6 is 0 Å². The predicted octanol–water partition coefficient (Wildman–Crippen LogP) is 1.54. The number of nitrogens with one attached hydrogen (secondary N) is 2. The molecule has 0 unspecified atom stereocenters. The standard InChI is InChI=1S/C20H20N4O4/c1-12-3-2-4-15(9-12)28-8-7-21-18(25)13-10-16-17(22-11-13)24(14-5-6-14)20(27)23-19(16)26/h2-4,9-11,14H,5-8H2,1H3,(H,21,25)(H,23,26,27). The van der Waals surface area contributed by atoms with Gasteiger partial charge in [0.2, 0.25) is 0 Å².